The smallest absolute Gasteiger partial charge is 0.261 e. The first-order valence-electron chi connectivity index (χ1n) is 9.26. The van der Waals surface area contributed by atoms with Gasteiger partial charge in [0.25, 0.3) is 11.5 Å². The van der Waals surface area contributed by atoms with E-state index in [4.69, 9.17) is 0 Å². The minimum atomic E-state index is -0.390. The van der Waals surface area contributed by atoms with E-state index in [9.17, 15) is 14.4 Å². The summed E-state index contributed by atoms with van der Waals surface area (Å²) >= 11 is 0. The molecule has 0 spiro atoms. The molecule has 136 valence electrons. The maximum Gasteiger partial charge on any atom is 0.261 e. The van der Waals surface area contributed by atoms with Gasteiger partial charge >= 0.3 is 0 Å². The fraction of sp³-hybridized carbons (Fsp3) is 0.632. The summed E-state index contributed by atoms with van der Waals surface area (Å²) in [5.41, 5.74) is 1.16. The number of nitrogens with one attached hydrogen (secondary N) is 2. The van der Waals surface area contributed by atoms with Gasteiger partial charge in [0, 0.05) is 24.7 Å². The quantitative estimate of drug-likeness (QED) is 0.823. The van der Waals surface area contributed by atoms with Gasteiger partial charge in [0.05, 0.1) is 6.04 Å². The maximum absolute atomic E-state index is 12.5. The van der Waals surface area contributed by atoms with Gasteiger partial charge in [-0.05, 0) is 38.3 Å². The van der Waals surface area contributed by atoms with Crippen molar-refractivity contribution in [2.24, 2.45) is 0 Å². The van der Waals surface area contributed by atoms with Gasteiger partial charge in [-0.3, -0.25) is 14.4 Å². The van der Waals surface area contributed by atoms with Crippen LogP contribution in [0, 0.1) is 13.8 Å². The van der Waals surface area contributed by atoms with E-state index in [1.165, 1.54) is 25.7 Å². The zero-order valence-electron chi connectivity index (χ0n) is 15.1. The second-order valence-electron chi connectivity index (χ2n) is 7.41. The highest BCUT2D eigenvalue weighted by atomic mass is 16.2. The molecule has 1 atom stereocenters. The average molecular weight is 345 g/mol. The van der Waals surface area contributed by atoms with Crippen LogP contribution in [-0.2, 0) is 4.79 Å². The molecule has 1 aromatic rings. The van der Waals surface area contributed by atoms with E-state index in [0.29, 0.717) is 24.6 Å². The summed E-state index contributed by atoms with van der Waals surface area (Å²) in [5, 5.41) is 2.89. The largest absolute Gasteiger partial charge is 0.347 e. The molecule has 2 fully saturated rings. The van der Waals surface area contributed by atoms with Crippen molar-refractivity contribution >= 4 is 11.8 Å². The number of aromatic nitrogens is 1. The monoisotopic (exact) mass is 345 g/mol. The van der Waals surface area contributed by atoms with Crippen LogP contribution >= 0.6 is 0 Å². The first-order chi connectivity index (χ1) is 12.0. The number of carbonyl (C=O) groups is 2. The normalized spacial score (nSPS) is 22.1. The van der Waals surface area contributed by atoms with Crippen molar-refractivity contribution in [2.45, 2.75) is 70.9 Å². The molecule has 1 saturated heterocycles. The number of likely N-dealkylation sites (tertiary alicyclic amines) is 1. The molecule has 6 nitrogen and oxygen atoms in total. The molecule has 2 N–H and O–H groups in total. The first kappa shape index (κ1) is 17.7. The van der Waals surface area contributed by atoms with E-state index >= 15 is 0 Å². The van der Waals surface area contributed by atoms with E-state index in [1.54, 1.807) is 19.9 Å². The van der Waals surface area contributed by atoms with Crippen LogP contribution in [0.3, 0.4) is 0 Å². The van der Waals surface area contributed by atoms with Gasteiger partial charge in [0.15, 0.2) is 0 Å². The summed E-state index contributed by atoms with van der Waals surface area (Å²) in [6.45, 7) is 4.10. The summed E-state index contributed by atoms with van der Waals surface area (Å²) in [6.07, 6.45) is 7.27. The number of carbonyl (C=O) groups excluding carboxylic acids is 2. The molecule has 0 unspecified atom stereocenters. The molecule has 1 saturated carbocycles. The topological polar surface area (TPSA) is 82.3 Å². The Kier molecular flexibility index (Phi) is 5.25. The lowest BCUT2D eigenvalue weighted by Gasteiger charge is -2.27. The van der Waals surface area contributed by atoms with E-state index in [2.05, 4.69) is 10.3 Å². The van der Waals surface area contributed by atoms with Crippen molar-refractivity contribution in [2.75, 3.05) is 6.54 Å². The van der Waals surface area contributed by atoms with Gasteiger partial charge in [0.1, 0.15) is 5.56 Å². The number of hydrogen-bond donors (Lipinski definition) is 2. The Labute approximate surface area is 148 Å². The minimum absolute atomic E-state index is 0.117. The van der Waals surface area contributed by atoms with Crippen LogP contribution in [0.5, 0.6) is 0 Å². The van der Waals surface area contributed by atoms with Crippen LogP contribution in [0.15, 0.2) is 10.9 Å². The van der Waals surface area contributed by atoms with Crippen LogP contribution in [0.1, 0.15) is 66.6 Å². The third kappa shape index (κ3) is 3.94. The molecule has 2 aliphatic rings. The van der Waals surface area contributed by atoms with Gasteiger partial charge in [0.2, 0.25) is 5.91 Å². The standard InChI is InChI=1S/C19H27N3O3/c1-12-9-13(2)20-18(24)17(12)19(25)21-14-10-16(23)22(11-14)15-7-5-3-4-6-8-15/h9,14-15H,3-8,10-11H2,1-2H3,(H,20,24)(H,21,25)/t14-/m1/s1. The van der Waals surface area contributed by atoms with Crippen molar-refractivity contribution < 1.29 is 9.59 Å². The highest BCUT2D eigenvalue weighted by Gasteiger charge is 2.35. The number of hydrogen-bond acceptors (Lipinski definition) is 3. The number of rotatable bonds is 3. The molecule has 25 heavy (non-hydrogen) atoms. The molecule has 0 radical (unpaired) electrons. The fourth-order valence-corrected chi connectivity index (χ4v) is 4.14. The van der Waals surface area contributed by atoms with Crippen molar-refractivity contribution in [1.82, 2.24) is 15.2 Å². The first-order valence-corrected chi connectivity index (χ1v) is 9.26. The van der Waals surface area contributed by atoms with E-state index in [-0.39, 0.29) is 29.0 Å². The van der Waals surface area contributed by atoms with Crippen molar-refractivity contribution in [3.8, 4) is 0 Å². The number of amides is 2. The fourth-order valence-electron chi connectivity index (χ4n) is 4.14. The molecule has 0 bridgehead atoms. The lowest BCUT2D eigenvalue weighted by Crippen LogP contribution is -2.42. The van der Waals surface area contributed by atoms with Gasteiger partial charge in [-0.15, -0.1) is 0 Å². The second kappa shape index (κ2) is 7.42. The number of aromatic amines is 1. The van der Waals surface area contributed by atoms with Crippen LogP contribution in [-0.4, -0.2) is 40.3 Å². The van der Waals surface area contributed by atoms with Crippen LogP contribution in [0.2, 0.25) is 0 Å². The van der Waals surface area contributed by atoms with Crippen molar-refractivity contribution in [3.05, 3.63) is 33.2 Å². The zero-order chi connectivity index (χ0) is 18.0. The molecular formula is C19H27N3O3. The molecule has 0 aromatic carbocycles. The van der Waals surface area contributed by atoms with Crippen LogP contribution in [0.4, 0.5) is 0 Å². The van der Waals surface area contributed by atoms with E-state index in [0.717, 1.165) is 18.5 Å². The Hall–Kier alpha value is -2.11. The van der Waals surface area contributed by atoms with Gasteiger partial charge in [-0.1, -0.05) is 25.7 Å². The molecule has 2 heterocycles. The van der Waals surface area contributed by atoms with Gasteiger partial charge in [-0.25, -0.2) is 0 Å². The lowest BCUT2D eigenvalue weighted by atomic mass is 10.1. The lowest BCUT2D eigenvalue weighted by molar-refractivity contribution is -0.129. The predicted octanol–water partition coefficient (Wildman–Crippen LogP) is 2.05. The molecule has 6 heteroatoms. The third-order valence-electron chi connectivity index (χ3n) is 5.35. The summed E-state index contributed by atoms with van der Waals surface area (Å²) in [4.78, 5) is 41.6. The summed E-state index contributed by atoms with van der Waals surface area (Å²) in [5.74, 6) is -0.272. The zero-order valence-corrected chi connectivity index (χ0v) is 15.1. The minimum Gasteiger partial charge on any atom is -0.347 e. The number of nitrogens with zero attached hydrogens (tertiary/aromatic N) is 1. The average Bonchev–Trinajstić information content (AvgIpc) is 2.73. The molecule has 1 aromatic heterocycles. The van der Waals surface area contributed by atoms with Crippen LogP contribution in [0.25, 0.3) is 0 Å². The molecule has 2 amide bonds. The summed E-state index contributed by atoms with van der Waals surface area (Å²) < 4.78 is 0. The molecular weight excluding hydrogens is 318 g/mol. The van der Waals surface area contributed by atoms with Crippen molar-refractivity contribution in [1.29, 1.82) is 0 Å². The SMILES string of the molecule is Cc1cc(C)c(C(=O)N[C@@H]2CC(=O)N(C3CCCCCC3)C2)c(=O)[nH]1. The van der Waals surface area contributed by atoms with Gasteiger partial charge < -0.3 is 15.2 Å². The molecule has 3 rings (SSSR count). The predicted molar refractivity (Wildman–Crippen MR) is 95.6 cm³/mol. The molecule has 1 aliphatic heterocycles. The third-order valence-corrected chi connectivity index (χ3v) is 5.35. The Morgan fingerprint density at radius 2 is 1.84 bits per heavy atom. The number of pyridine rings is 1. The molecule has 1 aliphatic carbocycles. The maximum atomic E-state index is 12.5. The Morgan fingerprint density at radius 3 is 2.48 bits per heavy atom. The summed E-state index contributed by atoms with van der Waals surface area (Å²) in [6, 6.07) is 1.87. The summed E-state index contributed by atoms with van der Waals surface area (Å²) in [7, 11) is 0. The Bertz CT molecular complexity index is 717. The van der Waals surface area contributed by atoms with Gasteiger partial charge in [-0.2, -0.15) is 0 Å². The number of H-pyrrole nitrogens is 1. The highest BCUT2D eigenvalue weighted by molar-refractivity contribution is 5.96. The van der Waals surface area contributed by atoms with Crippen LogP contribution < -0.4 is 10.9 Å². The Morgan fingerprint density at radius 1 is 1.16 bits per heavy atom. The van der Waals surface area contributed by atoms with Crippen molar-refractivity contribution in [3.63, 3.8) is 0 Å². The van der Waals surface area contributed by atoms with E-state index in [1.807, 2.05) is 4.90 Å². The highest BCUT2D eigenvalue weighted by Crippen LogP contribution is 2.26. The second-order valence-corrected chi connectivity index (χ2v) is 7.41. The number of aryl methyl sites for hydroxylation is 2. The van der Waals surface area contributed by atoms with E-state index < -0.39 is 0 Å². The Balaban J connectivity index is 1.67.